The molecule has 25 heavy (non-hydrogen) atoms. The maximum atomic E-state index is 12.2. The van der Waals surface area contributed by atoms with E-state index in [1.807, 2.05) is 30.3 Å². The lowest BCUT2D eigenvalue weighted by molar-refractivity contribution is -0.116. The van der Waals surface area contributed by atoms with E-state index in [2.05, 4.69) is 37.2 Å². The average Bonchev–Trinajstić information content (AvgIpc) is 2.61. The van der Waals surface area contributed by atoms with Crippen molar-refractivity contribution in [1.29, 1.82) is 0 Å². The summed E-state index contributed by atoms with van der Waals surface area (Å²) in [7, 11) is 4.69. The maximum Gasteiger partial charge on any atom is 0.224 e. The number of methoxy groups -OCH3 is 3. The number of carbonyl (C=O) groups is 1. The minimum Gasteiger partial charge on any atom is -0.493 e. The number of anilines is 1. The molecule has 1 N–H and O–H groups in total. The number of ether oxygens (including phenoxy) is 3. The van der Waals surface area contributed by atoms with E-state index in [4.69, 9.17) is 14.2 Å². The fraction of sp³-hybridized carbons (Fsp3) is 0.278. The van der Waals surface area contributed by atoms with E-state index in [1.165, 1.54) is 0 Å². The van der Waals surface area contributed by atoms with E-state index >= 15 is 0 Å². The van der Waals surface area contributed by atoms with Gasteiger partial charge in [-0.05, 0) is 58.2 Å². The third kappa shape index (κ3) is 5.12. The van der Waals surface area contributed by atoms with E-state index in [9.17, 15) is 4.79 Å². The number of carbonyl (C=O) groups excluding carboxylic acids is 1. The van der Waals surface area contributed by atoms with Crippen LogP contribution < -0.4 is 19.5 Å². The summed E-state index contributed by atoms with van der Waals surface area (Å²) in [6.07, 6.45) is 0.881. The lowest BCUT2D eigenvalue weighted by atomic mass is 10.1. The highest BCUT2D eigenvalue weighted by Crippen LogP contribution is 2.38. The Morgan fingerprint density at radius 3 is 2.20 bits per heavy atom. The van der Waals surface area contributed by atoms with Crippen LogP contribution in [0.4, 0.5) is 5.69 Å². The van der Waals surface area contributed by atoms with Gasteiger partial charge in [0.2, 0.25) is 11.7 Å². The molecule has 0 unspecified atom stereocenters. The second-order valence-electron chi connectivity index (χ2n) is 5.21. The number of hydrogen-bond donors (Lipinski definition) is 1. The van der Waals surface area contributed by atoms with E-state index in [-0.39, 0.29) is 5.91 Å². The van der Waals surface area contributed by atoms with Gasteiger partial charge in [0, 0.05) is 15.4 Å². The zero-order chi connectivity index (χ0) is 18.4. The number of benzene rings is 2. The van der Waals surface area contributed by atoms with Crippen molar-refractivity contribution in [3.05, 3.63) is 44.8 Å². The zero-order valence-corrected chi connectivity index (χ0v) is 17.4. The number of hydrogen-bond acceptors (Lipinski definition) is 4. The molecular weight excluding hydrogens is 454 g/mol. The van der Waals surface area contributed by atoms with Crippen molar-refractivity contribution >= 4 is 43.5 Å². The van der Waals surface area contributed by atoms with Crippen molar-refractivity contribution in [3.8, 4) is 17.2 Å². The Balaban J connectivity index is 2.07. The fourth-order valence-corrected chi connectivity index (χ4v) is 3.05. The fourth-order valence-electron chi connectivity index (χ4n) is 2.34. The molecule has 0 aliphatic heterocycles. The number of rotatable bonds is 7. The van der Waals surface area contributed by atoms with Crippen LogP contribution in [-0.2, 0) is 11.2 Å². The summed E-state index contributed by atoms with van der Waals surface area (Å²) >= 11 is 6.82. The predicted octanol–water partition coefficient (Wildman–Crippen LogP) is 4.81. The predicted molar refractivity (Wildman–Crippen MR) is 105 cm³/mol. The first kappa shape index (κ1) is 19.6. The summed E-state index contributed by atoms with van der Waals surface area (Å²) in [6, 6.07) is 9.32. The third-order valence-electron chi connectivity index (χ3n) is 3.57. The van der Waals surface area contributed by atoms with Crippen molar-refractivity contribution < 1.29 is 19.0 Å². The molecule has 0 aliphatic rings. The lowest BCUT2D eigenvalue weighted by Gasteiger charge is -2.14. The molecule has 0 saturated heterocycles. The summed E-state index contributed by atoms with van der Waals surface area (Å²) in [6.45, 7) is 0. The van der Waals surface area contributed by atoms with Crippen LogP contribution in [0, 0.1) is 0 Å². The SMILES string of the molecule is COc1cc(CCC(=O)Nc2cc(Br)ccc2Br)cc(OC)c1OC. The molecule has 0 aliphatic carbocycles. The van der Waals surface area contributed by atoms with Gasteiger partial charge in [0.05, 0.1) is 27.0 Å². The van der Waals surface area contributed by atoms with E-state index in [0.717, 1.165) is 20.2 Å². The highest BCUT2D eigenvalue weighted by atomic mass is 79.9. The topological polar surface area (TPSA) is 56.8 Å². The lowest BCUT2D eigenvalue weighted by Crippen LogP contribution is -2.13. The number of aryl methyl sites for hydroxylation is 1. The van der Waals surface area contributed by atoms with Crippen molar-refractivity contribution in [1.82, 2.24) is 0 Å². The molecule has 2 aromatic carbocycles. The van der Waals surface area contributed by atoms with Crippen LogP contribution in [0.5, 0.6) is 17.2 Å². The third-order valence-corrected chi connectivity index (χ3v) is 4.75. The van der Waals surface area contributed by atoms with Crippen LogP contribution in [0.2, 0.25) is 0 Å². The summed E-state index contributed by atoms with van der Waals surface area (Å²) in [4.78, 5) is 12.2. The van der Waals surface area contributed by atoms with Crippen LogP contribution >= 0.6 is 31.9 Å². The zero-order valence-electron chi connectivity index (χ0n) is 14.2. The number of nitrogens with one attached hydrogen (secondary N) is 1. The van der Waals surface area contributed by atoms with E-state index in [0.29, 0.717) is 30.1 Å². The van der Waals surface area contributed by atoms with Crippen molar-refractivity contribution in [2.75, 3.05) is 26.6 Å². The van der Waals surface area contributed by atoms with Crippen LogP contribution in [0.1, 0.15) is 12.0 Å². The molecule has 1 amide bonds. The molecule has 0 heterocycles. The molecule has 0 spiro atoms. The minimum absolute atomic E-state index is 0.0763. The van der Waals surface area contributed by atoms with Crippen molar-refractivity contribution in [2.24, 2.45) is 0 Å². The van der Waals surface area contributed by atoms with Gasteiger partial charge in [0.15, 0.2) is 11.5 Å². The minimum atomic E-state index is -0.0763. The highest BCUT2D eigenvalue weighted by molar-refractivity contribution is 9.11. The second-order valence-corrected chi connectivity index (χ2v) is 6.98. The molecule has 0 fully saturated rings. The Morgan fingerprint density at radius 2 is 1.64 bits per heavy atom. The molecule has 0 aromatic heterocycles. The average molecular weight is 473 g/mol. The Hall–Kier alpha value is -1.73. The Labute approximate surface area is 163 Å². The number of amides is 1. The van der Waals surface area contributed by atoms with Crippen LogP contribution in [-0.4, -0.2) is 27.2 Å². The summed E-state index contributed by atoms with van der Waals surface area (Å²) in [5, 5.41) is 2.90. The molecular formula is C18H19Br2NO4. The van der Waals surface area contributed by atoms with Gasteiger partial charge in [-0.1, -0.05) is 15.9 Å². The molecule has 0 saturated carbocycles. The van der Waals surface area contributed by atoms with Gasteiger partial charge < -0.3 is 19.5 Å². The van der Waals surface area contributed by atoms with E-state index < -0.39 is 0 Å². The summed E-state index contributed by atoms with van der Waals surface area (Å²) in [5.74, 6) is 1.61. The monoisotopic (exact) mass is 471 g/mol. The molecule has 134 valence electrons. The molecule has 0 atom stereocenters. The highest BCUT2D eigenvalue weighted by Gasteiger charge is 2.14. The van der Waals surface area contributed by atoms with E-state index in [1.54, 1.807) is 21.3 Å². The van der Waals surface area contributed by atoms with Crippen molar-refractivity contribution in [3.63, 3.8) is 0 Å². The first-order valence-electron chi connectivity index (χ1n) is 7.52. The van der Waals surface area contributed by atoms with Gasteiger partial charge in [0.25, 0.3) is 0 Å². The maximum absolute atomic E-state index is 12.2. The van der Waals surface area contributed by atoms with Crippen LogP contribution in [0.25, 0.3) is 0 Å². The molecule has 5 nitrogen and oxygen atoms in total. The van der Waals surface area contributed by atoms with Gasteiger partial charge in [0.1, 0.15) is 0 Å². The van der Waals surface area contributed by atoms with Gasteiger partial charge in [-0.3, -0.25) is 4.79 Å². The molecule has 2 aromatic rings. The van der Waals surface area contributed by atoms with Gasteiger partial charge >= 0.3 is 0 Å². The molecule has 2 rings (SSSR count). The standard InChI is InChI=1S/C18H19Br2NO4/c1-23-15-8-11(9-16(24-2)18(15)25-3)4-7-17(22)21-14-10-12(19)5-6-13(14)20/h5-6,8-10H,4,7H2,1-3H3,(H,21,22). The number of halogens is 2. The summed E-state index contributed by atoms with van der Waals surface area (Å²) < 4.78 is 17.7. The first-order valence-corrected chi connectivity index (χ1v) is 9.11. The van der Waals surface area contributed by atoms with Gasteiger partial charge in [-0.2, -0.15) is 0 Å². The summed E-state index contributed by atoms with van der Waals surface area (Å²) in [5.41, 5.74) is 1.65. The van der Waals surface area contributed by atoms with Crippen LogP contribution in [0.15, 0.2) is 39.3 Å². The van der Waals surface area contributed by atoms with Gasteiger partial charge in [-0.15, -0.1) is 0 Å². The largest absolute Gasteiger partial charge is 0.493 e. The molecule has 7 heteroatoms. The van der Waals surface area contributed by atoms with Gasteiger partial charge in [-0.25, -0.2) is 0 Å². The Morgan fingerprint density at radius 1 is 1.00 bits per heavy atom. The van der Waals surface area contributed by atoms with Crippen LogP contribution in [0.3, 0.4) is 0 Å². The first-order chi connectivity index (χ1) is 12.0. The van der Waals surface area contributed by atoms with Crippen molar-refractivity contribution in [2.45, 2.75) is 12.8 Å². The quantitative estimate of drug-likeness (QED) is 0.628. The molecule has 0 radical (unpaired) electrons. The normalized spacial score (nSPS) is 10.3. The smallest absolute Gasteiger partial charge is 0.224 e. The molecule has 0 bridgehead atoms. The second kappa shape index (κ2) is 9.10. The Bertz CT molecular complexity index is 740. The Kier molecular flexibility index (Phi) is 7.13.